The molecular formula is C11H13N3OS. The van der Waals surface area contributed by atoms with Crippen LogP contribution in [-0.4, -0.2) is 23.9 Å². The Bertz CT molecular complexity index is 466. The minimum Gasteiger partial charge on any atom is -0.396 e. The molecule has 2 N–H and O–H groups in total. The fourth-order valence-corrected chi connectivity index (χ4v) is 2.92. The van der Waals surface area contributed by atoms with Crippen molar-refractivity contribution in [2.24, 2.45) is 0 Å². The second-order valence-corrected chi connectivity index (χ2v) is 5.11. The summed E-state index contributed by atoms with van der Waals surface area (Å²) in [5.41, 5.74) is 6.62. The van der Waals surface area contributed by atoms with Crippen LogP contribution in [0, 0.1) is 18.3 Å². The van der Waals surface area contributed by atoms with Gasteiger partial charge < -0.3 is 10.6 Å². The SMILES string of the molecule is Cc1sc(C(=O)N2CCCC2)c(N)c1C#N. The van der Waals surface area contributed by atoms with Gasteiger partial charge in [-0.25, -0.2) is 0 Å². The molecule has 0 spiro atoms. The van der Waals surface area contributed by atoms with Gasteiger partial charge in [0.25, 0.3) is 5.91 Å². The van der Waals surface area contributed by atoms with Crippen molar-refractivity contribution in [3.63, 3.8) is 0 Å². The monoisotopic (exact) mass is 235 g/mol. The molecule has 0 unspecified atom stereocenters. The van der Waals surface area contributed by atoms with E-state index in [-0.39, 0.29) is 5.91 Å². The predicted molar refractivity (Wildman–Crippen MR) is 63.3 cm³/mol. The molecule has 0 bridgehead atoms. The molecule has 1 aromatic heterocycles. The zero-order valence-corrected chi connectivity index (χ0v) is 9.93. The van der Waals surface area contributed by atoms with E-state index < -0.39 is 0 Å². The van der Waals surface area contributed by atoms with Gasteiger partial charge in [0, 0.05) is 18.0 Å². The summed E-state index contributed by atoms with van der Waals surface area (Å²) < 4.78 is 0. The summed E-state index contributed by atoms with van der Waals surface area (Å²) in [4.78, 5) is 15.3. The number of nitrogens with zero attached hydrogens (tertiary/aromatic N) is 2. The van der Waals surface area contributed by atoms with Crippen LogP contribution < -0.4 is 5.73 Å². The number of carbonyl (C=O) groups is 1. The van der Waals surface area contributed by atoms with Crippen molar-refractivity contribution in [3.8, 4) is 6.07 Å². The van der Waals surface area contributed by atoms with Crippen LogP contribution in [0.4, 0.5) is 5.69 Å². The van der Waals surface area contributed by atoms with Crippen LogP contribution in [0.25, 0.3) is 0 Å². The maximum Gasteiger partial charge on any atom is 0.266 e. The highest BCUT2D eigenvalue weighted by Gasteiger charge is 2.25. The zero-order chi connectivity index (χ0) is 11.7. The van der Waals surface area contributed by atoms with Gasteiger partial charge in [0.1, 0.15) is 10.9 Å². The number of aryl methyl sites for hydroxylation is 1. The van der Waals surface area contributed by atoms with E-state index in [1.165, 1.54) is 11.3 Å². The molecule has 1 fully saturated rings. The van der Waals surface area contributed by atoms with E-state index in [9.17, 15) is 4.79 Å². The maximum absolute atomic E-state index is 12.1. The van der Waals surface area contributed by atoms with Gasteiger partial charge in [0.2, 0.25) is 0 Å². The standard InChI is InChI=1S/C11H13N3OS/c1-7-8(6-12)9(13)10(16-7)11(15)14-4-2-3-5-14/h2-5,13H2,1H3. The van der Waals surface area contributed by atoms with Crippen molar-refractivity contribution in [1.29, 1.82) is 5.26 Å². The number of likely N-dealkylation sites (tertiary alicyclic amines) is 1. The molecule has 0 aliphatic carbocycles. The fourth-order valence-electron chi connectivity index (χ4n) is 1.92. The largest absolute Gasteiger partial charge is 0.396 e. The molecule has 1 aliphatic heterocycles. The lowest BCUT2D eigenvalue weighted by Crippen LogP contribution is -2.27. The van der Waals surface area contributed by atoms with Gasteiger partial charge in [0.05, 0.1) is 11.3 Å². The number of nitrogens with two attached hydrogens (primary N) is 1. The molecule has 2 rings (SSSR count). The molecule has 0 atom stereocenters. The van der Waals surface area contributed by atoms with Gasteiger partial charge >= 0.3 is 0 Å². The van der Waals surface area contributed by atoms with E-state index in [0.717, 1.165) is 30.8 Å². The first-order valence-electron chi connectivity index (χ1n) is 5.23. The van der Waals surface area contributed by atoms with Gasteiger partial charge in [0.15, 0.2) is 0 Å². The molecule has 0 saturated carbocycles. The quantitative estimate of drug-likeness (QED) is 0.806. The number of hydrogen-bond acceptors (Lipinski definition) is 4. The van der Waals surface area contributed by atoms with Crippen LogP contribution in [0.3, 0.4) is 0 Å². The fraction of sp³-hybridized carbons (Fsp3) is 0.455. The van der Waals surface area contributed by atoms with E-state index in [0.29, 0.717) is 16.1 Å². The van der Waals surface area contributed by atoms with E-state index in [1.54, 1.807) is 0 Å². The summed E-state index contributed by atoms with van der Waals surface area (Å²) in [6.07, 6.45) is 2.11. The van der Waals surface area contributed by atoms with Crippen molar-refractivity contribution < 1.29 is 4.79 Å². The van der Waals surface area contributed by atoms with Crippen LogP contribution >= 0.6 is 11.3 Å². The summed E-state index contributed by atoms with van der Waals surface area (Å²) in [6.45, 7) is 3.43. The number of carbonyl (C=O) groups excluding carboxylic acids is 1. The lowest BCUT2D eigenvalue weighted by molar-refractivity contribution is 0.0798. The van der Waals surface area contributed by atoms with Gasteiger partial charge in [-0.3, -0.25) is 4.79 Å². The second-order valence-electron chi connectivity index (χ2n) is 3.89. The Morgan fingerprint density at radius 1 is 1.50 bits per heavy atom. The van der Waals surface area contributed by atoms with Crippen LogP contribution in [-0.2, 0) is 0 Å². The Morgan fingerprint density at radius 3 is 2.62 bits per heavy atom. The van der Waals surface area contributed by atoms with Crippen molar-refractivity contribution in [1.82, 2.24) is 4.90 Å². The Balaban J connectivity index is 2.34. The van der Waals surface area contributed by atoms with E-state index >= 15 is 0 Å². The highest BCUT2D eigenvalue weighted by atomic mass is 32.1. The summed E-state index contributed by atoms with van der Waals surface area (Å²) in [5.74, 6) is -0.0235. The number of anilines is 1. The second kappa shape index (κ2) is 4.14. The molecule has 0 aromatic carbocycles. The van der Waals surface area contributed by atoms with Gasteiger partial charge in [-0.2, -0.15) is 5.26 Å². The first-order valence-corrected chi connectivity index (χ1v) is 6.05. The molecule has 2 heterocycles. The van der Waals surface area contributed by atoms with E-state index in [4.69, 9.17) is 11.0 Å². The highest BCUT2D eigenvalue weighted by Crippen LogP contribution is 2.31. The van der Waals surface area contributed by atoms with Gasteiger partial charge in [-0.1, -0.05) is 0 Å². The van der Waals surface area contributed by atoms with Crippen LogP contribution in [0.1, 0.15) is 33.0 Å². The Morgan fingerprint density at radius 2 is 2.12 bits per heavy atom. The first kappa shape index (κ1) is 11.0. The van der Waals surface area contributed by atoms with Crippen molar-refractivity contribution in [2.75, 3.05) is 18.8 Å². The average Bonchev–Trinajstić information content (AvgIpc) is 2.86. The lowest BCUT2D eigenvalue weighted by atomic mass is 10.2. The molecule has 4 nitrogen and oxygen atoms in total. The number of rotatable bonds is 1. The van der Waals surface area contributed by atoms with Gasteiger partial charge in [-0.05, 0) is 19.8 Å². The maximum atomic E-state index is 12.1. The van der Waals surface area contributed by atoms with Gasteiger partial charge in [-0.15, -0.1) is 11.3 Å². The third kappa shape index (κ3) is 1.65. The summed E-state index contributed by atoms with van der Waals surface area (Å²) in [7, 11) is 0. The summed E-state index contributed by atoms with van der Waals surface area (Å²) in [5, 5.41) is 8.91. The zero-order valence-electron chi connectivity index (χ0n) is 9.12. The average molecular weight is 235 g/mol. The molecule has 1 saturated heterocycles. The molecule has 5 heteroatoms. The number of nitrogen functional groups attached to an aromatic ring is 1. The molecule has 1 amide bonds. The predicted octanol–water partition coefficient (Wildman–Crippen LogP) is 1.75. The van der Waals surface area contributed by atoms with E-state index in [2.05, 4.69) is 0 Å². The Kier molecular flexibility index (Phi) is 2.84. The minimum absolute atomic E-state index is 0.0235. The van der Waals surface area contributed by atoms with Crippen LogP contribution in [0.5, 0.6) is 0 Å². The third-order valence-corrected chi connectivity index (χ3v) is 3.93. The smallest absolute Gasteiger partial charge is 0.266 e. The number of amides is 1. The first-order chi connectivity index (χ1) is 7.65. The lowest BCUT2D eigenvalue weighted by Gasteiger charge is -2.14. The molecule has 16 heavy (non-hydrogen) atoms. The normalized spacial score (nSPS) is 15.1. The van der Waals surface area contributed by atoms with Crippen molar-refractivity contribution in [2.45, 2.75) is 19.8 Å². The number of thiophene rings is 1. The third-order valence-electron chi connectivity index (χ3n) is 2.82. The molecule has 0 radical (unpaired) electrons. The van der Waals surface area contributed by atoms with E-state index in [1.807, 2.05) is 17.9 Å². The number of hydrogen-bond donors (Lipinski definition) is 1. The van der Waals surface area contributed by atoms with Crippen molar-refractivity contribution in [3.05, 3.63) is 15.3 Å². The molecule has 84 valence electrons. The van der Waals surface area contributed by atoms with Crippen LogP contribution in [0.15, 0.2) is 0 Å². The highest BCUT2D eigenvalue weighted by molar-refractivity contribution is 7.14. The number of nitriles is 1. The molecule has 1 aromatic rings. The van der Waals surface area contributed by atoms with Crippen molar-refractivity contribution >= 4 is 22.9 Å². The molecule has 1 aliphatic rings. The summed E-state index contributed by atoms with van der Waals surface area (Å²) in [6, 6.07) is 2.04. The summed E-state index contributed by atoms with van der Waals surface area (Å²) >= 11 is 1.32. The molecular weight excluding hydrogens is 222 g/mol. The minimum atomic E-state index is -0.0235. The Labute approximate surface area is 98.3 Å². The topological polar surface area (TPSA) is 70.1 Å². The van der Waals surface area contributed by atoms with Crippen LogP contribution in [0.2, 0.25) is 0 Å². The Hall–Kier alpha value is -1.54.